The Kier molecular flexibility index (Phi) is 4.59. The van der Waals surface area contributed by atoms with Crippen molar-refractivity contribution >= 4 is 11.5 Å². The summed E-state index contributed by atoms with van der Waals surface area (Å²) < 4.78 is 16.1. The molecule has 1 fully saturated rings. The number of hydrogen-bond donors (Lipinski definition) is 4. The average molecular weight is 432 g/mol. The number of aliphatic hydroxyl groups excluding tert-OH is 1. The van der Waals surface area contributed by atoms with Crippen LogP contribution in [0.1, 0.15) is 22.8 Å². The first-order valence-corrected chi connectivity index (χ1v) is 9.18. The molecule has 0 bridgehead atoms. The molecule has 2 aliphatic heterocycles. The van der Waals surface area contributed by atoms with Gasteiger partial charge in [-0.05, 0) is 46.5 Å². The van der Waals surface area contributed by atoms with Gasteiger partial charge in [-0.25, -0.2) is 15.8 Å². The quantitative estimate of drug-likeness (QED) is 0.319. The number of hydrogen-bond acceptors (Lipinski definition) is 11. The van der Waals surface area contributed by atoms with Crippen LogP contribution >= 0.6 is 0 Å². The van der Waals surface area contributed by atoms with E-state index in [9.17, 15) is 20.4 Å². The maximum Gasteiger partial charge on any atom is 0.313 e. The third kappa shape index (κ3) is 2.94. The van der Waals surface area contributed by atoms with Gasteiger partial charge in [-0.3, -0.25) is 4.79 Å². The third-order valence-corrected chi connectivity index (χ3v) is 5.68. The predicted molar refractivity (Wildman–Crippen MR) is 98.8 cm³/mol. The van der Waals surface area contributed by atoms with Gasteiger partial charge < -0.3 is 34.0 Å². The van der Waals surface area contributed by atoms with E-state index < -0.39 is 29.7 Å². The minimum absolute atomic E-state index is 0.0224. The van der Waals surface area contributed by atoms with Crippen molar-refractivity contribution in [3.63, 3.8) is 0 Å². The monoisotopic (exact) mass is 432 g/mol. The molecule has 1 aliphatic carbocycles. The van der Waals surface area contributed by atoms with E-state index in [1.165, 1.54) is 12.1 Å². The molecule has 4 N–H and O–H groups in total. The van der Waals surface area contributed by atoms with Crippen LogP contribution in [0, 0.1) is 11.8 Å². The highest BCUT2D eigenvalue weighted by atomic mass is 17.1. The number of carbonyl (C=O) groups excluding carboxylic acids is 1. The van der Waals surface area contributed by atoms with Gasteiger partial charge in [0.1, 0.15) is 0 Å². The van der Waals surface area contributed by atoms with E-state index >= 15 is 0 Å². The summed E-state index contributed by atoms with van der Waals surface area (Å²) in [4.78, 5) is 25.0. The molecular formula is C20H16O11. The molecule has 5 rings (SSSR count). The lowest BCUT2D eigenvalue weighted by molar-refractivity contribution is -0.178. The Morgan fingerprint density at radius 2 is 1.58 bits per heavy atom. The molecule has 0 aromatic heterocycles. The zero-order valence-electron chi connectivity index (χ0n) is 15.7. The van der Waals surface area contributed by atoms with E-state index in [1.54, 1.807) is 18.2 Å². The van der Waals surface area contributed by atoms with Crippen LogP contribution in [-0.2, 0) is 9.53 Å². The average Bonchev–Trinajstić information content (AvgIpc) is 3.37. The Bertz CT molecular complexity index is 1070. The van der Waals surface area contributed by atoms with Crippen LogP contribution in [-0.4, -0.2) is 40.2 Å². The lowest BCUT2D eigenvalue weighted by atomic mass is 9.88. The van der Waals surface area contributed by atoms with Crippen molar-refractivity contribution < 1.29 is 54.5 Å². The van der Waals surface area contributed by atoms with Gasteiger partial charge in [-0.1, -0.05) is 6.08 Å². The molecule has 0 unspecified atom stereocenters. The number of benzene rings is 2. The molecule has 2 heterocycles. The Hall–Kier alpha value is -3.51. The summed E-state index contributed by atoms with van der Waals surface area (Å²) >= 11 is 0. The van der Waals surface area contributed by atoms with Crippen molar-refractivity contribution in [3.8, 4) is 28.7 Å². The number of cyclic esters (lactones) is 1. The SMILES string of the molecule is O=C1OC[C@H]2[C@@H]1C=C(c1cc(OO)c(OO)c(OO)c1)c1cc3c(cc1[C@@H]2O)OCO3. The second-order valence-electron chi connectivity index (χ2n) is 7.21. The van der Waals surface area contributed by atoms with E-state index in [0.29, 0.717) is 33.8 Å². The summed E-state index contributed by atoms with van der Waals surface area (Å²) in [6.07, 6.45) is 0.575. The fraction of sp³-hybridized carbons (Fsp3) is 0.250. The fourth-order valence-corrected chi connectivity index (χ4v) is 4.18. The zero-order valence-corrected chi connectivity index (χ0v) is 15.7. The minimum atomic E-state index is -1.04. The highest BCUT2D eigenvalue weighted by molar-refractivity contribution is 5.89. The number of carbonyl (C=O) groups is 1. The highest BCUT2D eigenvalue weighted by Gasteiger charge is 2.44. The predicted octanol–water partition coefficient (Wildman–Crippen LogP) is 2.24. The molecule has 1 saturated heterocycles. The van der Waals surface area contributed by atoms with Crippen LogP contribution in [0.4, 0.5) is 0 Å². The van der Waals surface area contributed by atoms with Crippen molar-refractivity contribution in [2.75, 3.05) is 13.4 Å². The molecule has 31 heavy (non-hydrogen) atoms. The van der Waals surface area contributed by atoms with E-state index in [1.807, 2.05) is 0 Å². The Morgan fingerprint density at radius 1 is 0.903 bits per heavy atom. The second-order valence-corrected chi connectivity index (χ2v) is 7.21. The highest BCUT2D eigenvalue weighted by Crippen LogP contribution is 2.49. The van der Waals surface area contributed by atoms with Crippen molar-refractivity contribution in [2.24, 2.45) is 11.8 Å². The van der Waals surface area contributed by atoms with Gasteiger partial charge in [-0.2, -0.15) is 0 Å². The molecule has 0 spiro atoms. The first-order valence-electron chi connectivity index (χ1n) is 9.18. The van der Waals surface area contributed by atoms with Crippen molar-refractivity contribution in [1.82, 2.24) is 0 Å². The first kappa shape index (κ1) is 19.5. The Morgan fingerprint density at radius 3 is 2.23 bits per heavy atom. The lowest BCUT2D eigenvalue weighted by Gasteiger charge is -2.20. The number of ether oxygens (including phenoxy) is 3. The molecule has 2 aromatic rings. The normalized spacial score (nSPS) is 23.3. The summed E-state index contributed by atoms with van der Waals surface area (Å²) in [5.41, 5.74) is 1.73. The summed E-state index contributed by atoms with van der Waals surface area (Å²) in [5, 5.41) is 38.5. The van der Waals surface area contributed by atoms with Gasteiger partial charge in [0.15, 0.2) is 11.5 Å². The van der Waals surface area contributed by atoms with Gasteiger partial charge in [0.05, 0.1) is 18.6 Å². The van der Waals surface area contributed by atoms with Crippen LogP contribution in [0.5, 0.6) is 28.7 Å². The molecule has 3 aliphatic rings. The van der Waals surface area contributed by atoms with Gasteiger partial charge in [-0.15, -0.1) is 0 Å². The maximum absolute atomic E-state index is 12.4. The molecule has 11 nitrogen and oxygen atoms in total. The van der Waals surface area contributed by atoms with E-state index in [4.69, 9.17) is 19.5 Å². The van der Waals surface area contributed by atoms with E-state index in [0.717, 1.165) is 0 Å². The summed E-state index contributed by atoms with van der Waals surface area (Å²) in [5.74, 6) is -2.13. The number of aliphatic hydroxyl groups is 1. The minimum Gasteiger partial charge on any atom is -0.465 e. The van der Waals surface area contributed by atoms with Crippen molar-refractivity contribution in [2.45, 2.75) is 6.10 Å². The Balaban J connectivity index is 1.76. The molecule has 162 valence electrons. The van der Waals surface area contributed by atoms with Crippen LogP contribution in [0.25, 0.3) is 5.57 Å². The van der Waals surface area contributed by atoms with E-state index in [-0.39, 0.29) is 24.9 Å². The van der Waals surface area contributed by atoms with Crippen LogP contribution < -0.4 is 24.1 Å². The number of esters is 1. The largest absolute Gasteiger partial charge is 0.465 e. The van der Waals surface area contributed by atoms with Crippen LogP contribution in [0.2, 0.25) is 0 Å². The smallest absolute Gasteiger partial charge is 0.313 e. The van der Waals surface area contributed by atoms with Crippen molar-refractivity contribution in [1.29, 1.82) is 0 Å². The first-order chi connectivity index (χ1) is 15.0. The van der Waals surface area contributed by atoms with Crippen LogP contribution in [0.3, 0.4) is 0 Å². The fourth-order valence-electron chi connectivity index (χ4n) is 4.18. The maximum atomic E-state index is 12.4. The number of fused-ring (bicyclic) bond motifs is 3. The van der Waals surface area contributed by atoms with Gasteiger partial charge >= 0.3 is 5.97 Å². The third-order valence-electron chi connectivity index (χ3n) is 5.68. The molecular weight excluding hydrogens is 416 g/mol. The summed E-state index contributed by atoms with van der Waals surface area (Å²) in [7, 11) is 0. The zero-order chi connectivity index (χ0) is 21.7. The molecule has 2 aromatic carbocycles. The van der Waals surface area contributed by atoms with Gasteiger partial charge in [0.25, 0.3) is 5.75 Å². The second kappa shape index (κ2) is 7.32. The molecule has 3 atom stereocenters. The summed E-state index contributed by atoms with van der Waals surface area (Å²) in [6, 6.07) is 5.89. The Labute approximate surface area is 174 Å². The molecule has 11 heteroatoms. The standard InChI is InChI=1S/C20H16O11/c21-18-11-5-15-14(27-7-28-15)4-10(11)9(3-12-13(18)6-26-20(12)22)8-1-16(29-23)19(31-25)17(2-8)30-24/h1-5,12-13,18,21,23-25H,6-7H2/t12-,13-,18-/m0/s1. The van der Waals surface area contributed by atoms with Crippen molar-refractivity contribution in [3.05, 3.63) is 47.0 Å². The lowest BCUT2D eigenvalue weighted by Crippen LogP contribution is -2.20. The van der Waals surface area contributed by atoms with Gasteiger partial charge in [0.2, 0.25) is 18.3 Å². The molecule has 0 radical (unpaired) electrons. The molecule has 0 saturated carbocycles. The van der Waals surface area contributed by atoms with E-state index in [2.05, 4.69) is 14.7 Å². The van der Waals surface area contributed by atoms with Gasteiger partial charge in [0, 0.05) is 5.92 Å². The number of rotatable bonds is 4. The topological polar surface area (TPSA) is 153 Å². The molecule has 0 amide bonds. The summed E-state index contributed by atoms with van der Waals surface area (Å²) in [6.45, 7) is 0.0597. The van der Waals surface area contributed by atoms with Crippen LogP contribution in [0.15, 0.2) is 30.3 Å².